The van der Waals surface area contributed by atoms with E-state index >= 15 is 0 Å². The van der Waals surface area contributed by atoms with E-state index in [4.69, 9.17) is 16.3 Å². The summed E-state index contributed by atoms with van der Waals surface area (Å²) in [4.78, 5) is 52.7. The molecular formula is C22H22ClFN2O5. The highest BCUT2D eigenvalue weighted by molar-refractivity contribution is 6.30. The van der Waals surface area contributed by atoms with E-state index in [9.17, 15) is 23.6 Å². The first-order chi connectivity index (χ1) is 14.8. The lowest BCUT2D eigenvalue weighted by molar-refractivity contribution is -0.151. The number of Topliss-reactive ketones (excluding diaryl/α,β-unsaturated/α-hetero) is 1. The molecule has 0 saturated carbocycles. The van der Waals surface area contributed by atoms with Crippen LogP contribution in [0.2, 0.25) is 5.02 Å². The molecule has 31 heavy (non-hydrogen) atoms. The zero-order valence-electron chi connectivity index (χ0n) is 16.9. The van der Waals surface area contributed by atoms with Crippen LogP contribution in [0.1, 0.15) is 36.2 Å². The molecule has 0 unspecified atom stereocenters. The normalized spacial score (nSPS) is 17.1. The molecular weight excluding hydrogens is 427 g/mol. The van der Waals surface area contributed by atoms with Crippen molar-refractivity contribution >= 4 is 29.3 Å². The Morgan fingerprint density at radius 3 is 2.58 bits per heavy atom. The minimum absolute atomic E-state index is 0.0746. The third-order valence-electron chi connectivity index (χ3n) is 5.14. The topological polar surface area (TPSA) is 85.7 Å². The molecule has 3 rings (SSSR count). The molecule has 1 aromatic carbocycles. The number of rotatable bonds is 6. The monoisotopic (exact) mass is 448 g/mol. The summed E-state index contributed by atoms with van der Waals surface area (Å²) in [6, 6.07) is 5.72. The van der Waals surface area contributed by atoms with Crippen molar-refractivity contribution in [3.8, 4) is 0 Å². The molecule has 1 aliphatic heterocycles. The number of aromatic nitrogens is 1. The van der Waals surface area contributed by atoms with Crippen LogP contribution in [0, 0.1) is 11.7 Å². The van der Waals surface area contributed by atoms with Gasteiger partial charge in [0.25, 0.3) is 11.5 Å². The second kappa shape index (κ2) is 9.87. The average Bonchev–Trinajstić information content (AvgIpc) is 2.77. The smallest absolute Gasteiger partial charge is 0.310 e. The molecule has 1 fully saturated rings. The molecule has 2 aromatic rings. The first-order valence-electron chi connectivity index (χ1n) is 9.94. The molecule has 7 nitrogen and oxygen atoms in total. The van der Waals surface area contributed by atoms with Crippen LogP contribution in [0.3, 0.4) is 0 Å². The maximum absolute atomic E-state index is 13.4. The van der Waals surface area contributed by atoms with E-state index in [2.05, 4.69) is 0 Å². The first kappa shape index (κ1) is 22.7. The fraction of sp³-hybridized carbons (Fsp3) is 0.364. The highest BCUT2D eigenvalue weighted by atomic mass is 35.5. The maximum atomic E-state index is 13.4. The molecule has 1 amide bonds. The molecule has 164 valence electrons. The van der Waals surface area contributed by atoms with Gasteiger partial charge in [-0.15, -0.1) is 0 Å². The second-order valence-electron chi connectivity index (χ2n) is 7.24. The Balaban J connectivity index is 1.97. The number of carbonyl (C=O) groups is 3. The van der Waals surface area contributed by atoms with E-state index in [0.717, 1.165) is 22.8 Å². The number of pyridine rings is 1. The summed E-state index contributed by atoms with van der Waals surface area (Å²) >= 11 is 6.02. The van der Waals surface area contributed by atoms with Crippen LogP contribution in [0.25, 0.3) is 0 Å². The van der Waals surface area contributed by atoms with E-state index in [-0.39, 0.29) is 23.7 Å². The van der Waals surface area contributed by atoms with Crippen LogP contribution in [-0.2, 0) is 14.3 Å². The fourth-order valence-corrected chi connectivity index (χ4v) is 3.78. The molecule has 0 spiro atoms. The van der Waals surface area contributed by atoms with Crippen molar-refractivity contribution < 1.29 is 23.5 Å². The van der Waals surface area contributed by atoms with Crippen LogP contribution in [0.4, 0.5) is 4.39 Å². The van der Waals surface area contributed by atoms with E-state index < -0.39 is 41.0 Å². The number of piperidine rings is 1. The Labute approximate surface area is 183 Å². The minimum atomic E-state index is -1.53. The van der Waals surface area contributed by atoms with E-state index in [0.29, 0.717) is 19.4 Å². The first-order valence-corrected chi connectivity index (χ1v) is 10.3. The number of amides is 1. The van der Waals surface area contributed by atoms with Gasteiger partial charge in [-0.25, -0.2) is 4.39 Å². The number of likely N-dealkylation sites (tertiary alicyclic amines) is 1. The second-order valence-corrected chi connectivity index (χ2v) is 7.68. The van der Waals surface area contributed by atoms with Gasteiger partial charge in [-0.2, -0.15) is 0 Å². The number of hydrogen-bond acceptors (Lipinski definition) is 5. The zero-order chi connectivity index (χ0) is 22.5. The summed E-state index contributed by atoms with van der Waals surface area (Å²) in [6.07, 6.45) is 2.34. The lowest BCUT2D eigenvalue weighted by atomic mass is 9.96. The molecule has 9 heteroatoms. The summed E-state index contributed by atoms with van der Waals surface area (Å²) in [5, 5.41) is 0.173. The van der Waals surface area contributed by atoms with Crippen LogP contribution in [0.5, 0.6) is 0 Å². The Hall–Kier alpha value is -3.00. The number of benzene rings is 1. The summed E-state index contributed by atoms with van der Waals surface area (Å²) in [5.41, 5.74) is -0.511. The number of hydrogen-bond donors (Lipinski definition) is 0. The van der Waals surface area contributed by atoms with Gasteiger partial charge in [0.15, 0.2) is 11.8 Å². The largest absolute Gasteiger partial charge is 0.466 e. The van der Waals surface area contributed by atoms with Gasteiger partial charge in [0, 0.05) is 30.9 Å². The summed E-state index contributed by atoms with van der Waals surface area (Å²) in [5.74, 6) is -2.75. The van der Waals surface area contributed by atoms with Gasteiger partial charge in [-0.3, -0.25) is 23.7 Å². The van der Waals surface area contributed by atoms with E-state index in [1.54, 1.807) is 6.92 Å². The number of halogens is 2. The van der Waals surface area contributed by atoms with Gasteiger partial charge in [0.05, 0.1) is 17.5 Å². The molecule has 1 saturated heterocycles. The fourth-order valence-electron chi connectivity index (χ4n) is 3.61. The molecule has 1 aromatic heterocycles. The number of ether oxygens (including phenoxy) is 1. The van der Waals surface area contributed by atoms with Crippen molar-refractivity contribution in [3.63, 3.8) is 0 Å². The number of carbonyl (C=O) groups excluding carboxylic acids is 3. The Morgan fingerprint density at radius 2 is 1.90 bits per heavy atom. The van der Waals surface area contributed by atoms with Gasteiger partial charge >= 0.3 is 5.97 Å². The Kier molecular flexibility index (Phi) is 7.22. The van der Waals surface area contributed by atoms with Crippen molar-refractivity contribution in [2.75, 3.05) is 19.7 Å². The molecule has 0 radical (unpaired) electrons. The van der Waals surface area contributed by atoms with E-state index in [1.807, 2.05) is 0 Å². The van der Waals surface area contributed by atoms with Crippen molar-refractivity contribution in [1.82, 2.24) is 9.47 Å². The third-order valence-corrected chi connectivity index (χ3v) is 5.37. The predicted octanol–water partition coefficient (Wildman–Crippen LogP) is 2.87. The Bertz CT molecular complexity index is 1040. The lowest BCUT2D eigenvalue weighted by Gasteiger charge is -2.34. The van der Waals surface area contributed by atoms with E-state index in [1.165, 1.54) is 29.3 Å². The van der Waals surface area contributed by atoms with Gasteiger partial charge < -0.3 is 9.64 Å². The Morgan fingerprint density at radius 1 is 1.19 bits per heavy atom. The standard InChI is InChI=1S/C22H22ClFN2O5/c1-2-31-22(30)15-4-3-11-25(12-15)21(29)19(26-13-16(23)7-10-18(26)27)20(28)14-5-8-17(24)9-6-14/h5-10,13,15,19H,2-4,11-12H2,1H3/t15-,19+/m0/s1. The van der Waals surface area contributed by atoms with Crippen LogP contribution >= 0.6 is 11.6 Å². The van der Waals surface area contributed by atoms with Crippen molar-refractivity contribution in [3.05, 3.63) is 69.4 Å². The van der Waals surface area contributed by atoms with Crippen LogP contribution in [0.15, 0.2) is 47.4 Å². The zero-order valence-corrected chi connectivity index (χ0v) is 17.7. The highest BCUT2D eigenvalue weighted by Gasteiger charge is 2.37. The summed E-state index contributed by atoms with van der Waals surface area (Å²) < 4.78 is 19.4. The molecule has 2 heterocycles. The van der Waals surface area contributed by atoms with Crippen molar-refractivity contribution in [1.29, 1.82) is 0 Å². The maximum Gasteiger partial charge on any atom is 0.310 e. The van der Waals surface area contributed by atoms with Crippen molar-refractivity contribution in [2.24, 2.45) is 5.92 Å². The number of ketones is 1. The van der Waals surface area contributed by atoms with Gasteiger partial charge in [0.2, 0.25) is 0 Å². The molecule has 0 aliphatic carbocycles. The quantitative estimate of drug-likeness (QED) is 0.385. The lowest BCUT2D eigenvalue weighted by Crippen LogP contribution is -2.48. The number of nitrogens with zero attached hydrogens (tertiary/aromatic N) is 2. The molecule has 2 atom stereocenters. The molecule has 1 aliphatic rings. The summed E-state index contributed by atoms with van der Waals surface area (Å²) in [6.45, 7) is 2.34. The highest BCUT2D eigenvalue weighted by Crippen LogP contribution is 2.24. The minimum Gasteiger partial charge on any atom is -0.466 e. The van der Waals surface area contributed by atoms with Crippen LogP contribution in [-0.4, -0.2) is 46.8 Å². The average molecular weight is 449 g/mol. The van der Waals surface area contributed by atoms with Gasteiger partial charge in [-0.1, -0.05) is 11.6 Å². The SMILES string of the molecule is CCOC(=O)[C@H]1CCCN(C(=O)[C@@H](C(=O)c2ccc(F)cc2)n2cc(Cl)ccc2=O)C1. The van der Waals surface area contributed by atoms with Crippen LogP contribution < -0.4 is 5.56 Å². The molecule has 0 bridgehead atoms. The number of esters is 1. The predicted molar refractivity (Wildman–Crippen MR) is 111 cm³/mol. The van der Waals surface area contributed by atoms with Gasteiger partial charge in [-0.05, 0) is 50.1 Å². The van der Waals surface area contributed by atoms with Gasteiger partial charge in [0.1, 0.15) is 5.82 Å². The summed E-state index contributed by atoms with van der Waals surface area (Å²) in [7, 11) is 0. The molecule has 0 N–H and O–H groups in total. The third kappa shape index (κ3) is 5.19. The van der Waals surface area contributed by atoms with Crippen molar-refractivity contribution in [2.45, 2.75) is 25.8 Å².